The zero-order valence-electron chi connectivity index (χ0n) is 18.5. The van der Waals surface area contributed by atoms with Gasteiger partial charge < -0.3 is 19.0 Å². The first-order valence-corrected chi connectivity index (χ1v) is 11.7. The topological polar surface area (TPSA) is 88.8 Å². The molecule has 1 aliphatic heterocycles. The lowest BCUT2D eigenvalue weighted by molar-refractivity contribution is -0.131. The highest BCUT2D eigenvalue weighted by molar-refractivity contribution is 7.21. The van der Waals surface area contributed by atoms with Crippen molar-refractivity contribution in [2.45, 2.75) is 19.8 Å². The number of anilines is 1. The predicted octanol–water partition coefficient (Wildman–Crippen LogP) is 3.40. The SMILES string of the molecule is COc1ccc2c(C)c(CCC(=O)N3CCN(c4nc5cccnc5s4)CC3)c(=O)oc2c1. The molecule has 1 saturated heterocycles. The largest absolute Gasteiger partial charge is 0.497 e. The molecule has 0 aliphatic carbocycles. The molecule has 3 aromatic heterocycles. The number of pyridine rings is 1. The van der Waals surface area contributed by atoms with Crippen LogP contribution in [-0.2, 0) is 11.2 Å². The molecule has 0 unspecified atom stereocenters. The molecule has 9 heteroatoms. The van der Waals surface area contributed by atoms with Gasteiger partial charge in [-0.25, -0.2) is 14.8 Å². The second-order valence-corrected chi connectivity index (χ2v) is 9.00. The Hall–Kier alpha value is -3.46. The number of carbonyl (C=O) groups excluding carboxylic acids is 1. The molecule has 0 bridgehead atoms. The summed E-state index contributed by atoms with van der Waals surface area (Å²) in [6.07, 6.45) is 2.41. The lowest BCUT2D eigenvalue weighted by atomic mass is 10.0. The summed E-state index contributed by atoms with van der Waals surface area (Å²) in [4.78, 5) is 39.4. The van der Waals surface area contributed by atoms with Crippen molar-refractivity contribution in [3.63, 3.8) is 0 Å². The minimum atomic E-state index is -0.393. The maximum atomic E-state index is 12.9. The van der Waals surface area contributed by atoms with Gasteiger partial charge in [0.2, 0.25) is 5.91 Å². The average Bonchev–Trinajstić information content (AvgIpc) is 3.28. The van der Waals surface area contributed by atoms with Crippen molar-refractivity contribution >= 4 is 43.7 Å². The fourth-order valence-electron chi connectivity index (χ4n) is 4.22. The highest BCUT2D eigenvalue weighted by Crippen LogP contribution is 2.28. The van der Waals surface area contributed by atoms with Gasteiger partial charge in [0.1, 0.15) is 21.7 Å². The molecule has 0 spiro atoms. The van der Waals surface area contributed by atoms with E-state index in [0.717, 1.165) is 39.5 Å². The van der Waals surface area contributed by atoms with E-state index in [1.165, 1.54) is 0 Å². The van der Waals surface area contributed by atoms with Crippen LogP contribution in [0.4, 0.5) is 5.13 Å². The maximum Gasteiger partial charge on any atom is 0.339 e. The highest BCUT2D eigenvalue weighted by atomic mass is 32.1. The van der Waals surface area contributed by atoms with Gasteiger partial charge in [-0.1, -0.05) is 11.3 Å². The van der Waals surface area contributed by atoms with Crippen LogP contribution in [0.25, 0.3) is 21.3 Å². The Labute approximate surface area is 194 Å². The first-order chi connectivity index (χ1) is 16.0. The number of piperazine rings is 1. The van der Waals surface area contributed by atoms with Crippen LogP contribution in [0.3, 0.4) is 0 Å². The fraction of sp³-hybridized carbons (Fsp3) is 0.333. The summed E-state index contributed by atoms with van der Waals surface area (Å²) in [6.45, 7) is 4.62. The standard InChI is InChI=1S/C24H24N4O4S/c1-15-17-6-5-16(31-2)14-20(17)32-23(30)18(15)7-8-21(29)27-10-12-28(13-11-27)24-26-19-4-3-9-25-22(19)33-24/h3-6,9,14H,7-8,10-13H2,1-2H3. The lowest BCUT2D eigenvalue weighted by Crippen LogP contribution is -2.48. The number of aryl methyl sites for hydroxylation is 1. The second-order valence-electron chi connectivity index (χ2n) is 8.05. The van der Waals surface area contributed by atoms with Gasteiger partial charge in [0.05, 0.1) is 7.11 Å². The number of fused-ring (bicyclic) bond motifs is 2. The highest BCUT2D eigenvalue weighted by Gasteiger charge is 2.24. The summed E-state index contributed by atoms with van der Waals surface area (Å²) in [7, 11) is 1.57. The van der Waals surface area contributed by atoms with Crippen molar-refractivity contribution in [1.29, 1.82) is 0 Å². The van der Waals surface area contributed by atoms with E-state index in [1.807, 2.05) is 36.1 Å². The maximum absolute atomic E-state index is 12.9. The van der Waals surface area contributed by atoms with Crippen LogP contribution in [0.5, 0.6) is 5.75 Å². The average molecular weight is 465 g/mol. The van der Waals surface area contributed by atoms with Crippen molar-refractivity contribution < 1.29 is 13.9 Å². The van der Waals surface area contributed by atoms with Gasteiger partial charge in [0.15, 0.2) is 5.13 Å². The quantitative estimate of drug-likeness (QED) is 0.418. The number of nitrogens with zero attached hydrogens (tertiary/aromatic N) is 4. The summed E-state index contributed by atoms with van der Waals surface area (Å²) in [5.74, 6) is 0.684. The van der Waals surface area contributed by atoms with Crippen LogP contribution in [-0.4, -0.2) is 54.1 Å². The molecule has 5 rings (SSSR count). The second kappa shape index (κ2) is 8.82. The first kappa shape index (κ1) is 21.4. The summed E-state index contributed by atoms with van der Waals surface area (Å²) in [5.41, 5.74) is 2.41. The third-order valence-electron chi connectivity index (χ3n) is 6.14. The number of rotatable bonds is 5. The number of hydrogen-bond donors (Lipinski definition) is 0. The number of hydrogen-bond acceptors (Lipinski definition) is 8. The van der Waals surface area contributed by atoms with Crippen LogP contribution in [0, 0.1) is 6.92 Å². The van der Waals surface area contributed by atoms with E-state index in [0.29, 0.717) is 36.4 Å². The molecular weight excluding hydrogens is 440 g/mol. The molecule has 1 fully saturated rings. The van der Waals surface area contributed by atoms with Gasteiger partial charge >= 0.3 is 5.63 Å². The van der Waals surface area contributed by atoms with Gasteiger partial charge in [0, 0.05) is 55.8 Å². The molecule has 1 amide bonds. The van der Waals surface area contributed by atoms with Crippen LogP contribution < -0.4 is 15.3 Å². The molecule has 0 atom stereocenters. The van der Waals surface area contributed by atoms with Crippen molar-refractivity contribution in [2.24, 2.45) is 0 Å². The molecular formula is C24H24N4O4S. The monoisotopic (exact) mass is 464 g/mol. The Morgan fingerprint density at radius 1 is 1.21 bits per heavy atom. The van der Waals surface area contributed by atoms with Gasteiger partial charge in [-0.2, -0.15) is 0 Å². The van der Waals surface area contributed by atoms with Crippen LogP contribution in [0.2, 0.25) is 0 Å². The molecule has 0 radical (unpaired) electrons. The Balaban J connectivity index is 1.23. The predicted molar refractivity (Wildman–Crippen MR) is 128 cm³/mol. The Kier molecular flexibility index (Phi) is 5.72. The Morgan fingerprint density at radius 3 is 2.79 bits per heavy atom. The molecule has 0 N–H and O–H groups in total. The Bertz CT molecular complexity index is 1360. The number of methoxy groups -OCH3 is 1. The summed E-state index contributed by atoms with van der Waals surface area (Å²) >= 11 is 1.57. The number of amides is 1. The summed E-state index contributed by atoms with van der Waals surface area (Å²) < 4.78 is 10.7. The number of benzene rings is 1. The van der Waals surface area contributed by atoms with E-state index >= 15 is 0 Å². The molecule has 170 valence electrons. The molecule has 4 heterocycles. The Morgan fingerprint density at radius 2 is 2.03 bits per heavy atom. The van der Waals surface area contributed by atoms with Gasteiger partial charge in [0.25, 0.3) is 0 Å². The zero-order chi connectivity index (χ0) is 22.9. The smallest absolute Gasteiger partial charge is 0.339 e. The molecule has 0 saturated carbocycles. The van der Waals surface area contributed by atoms with Crippen molar-refractivity contribution in [3.8, 4) is 5.75 Å². The van der Waals surface area contributed by atoms with E-state index < -0.39 is 5.63 Å². The van der Waals surface area contributed by atoms with E-state index in [2.05, 4.69) is 14.9 Å². The number of ether oxygens (including phenoxy) is 1. The summed E-state index contributed by atoms with van der Waals surface area (Å²) in [5, 5.41) is 1.80. The summed E-state index contributed by atoms with van der Waals surface area (Å²) in [6, 6.07) is 9.28. The normalized spacial score (nSPS) is 14.2. The molecule has 1 aliphatic rings. The van der Waals surface area contributed by atoms with Crippen LogP contribution in [0.1, 0.15) is 17.5 Å². The minimum absolute atomic E-state index is 0.0502. The third kappa shape index (κ3) is 4.16. The van der Waals surface area contributed by atoms with E-state index in [1.54, 1.807) is 30.7 Å². The van der Waals surface area contributed by atoms with Crippen molar-refractivity contribution in [2.75, 3.05) is 38.2 Å². The van der Waals surface area contributed by atoms with E-state index in [9.17, 15) is 9.59 Å². The van der Waals surface area contributed by atoms with E-state index in [4.69, 9.17) is 9.15 Å². The molecule has 8 nitrogen and oxygen atoms in total. The number of aromatic nitrogens is 2. The third-order valence-corrected chi connectivity index (χ3v) is 7.18. The number of carbonyl (C=O) groups is 1. The lowest BCUT2D eigenvalue weighted by Gasteiger charge is -2.34. The van der Waals surface area contributed by atoms with Gasteiger partial charge in [-0.05, 0) is 43.2 Å². The van der Waals surface area contributed by atoms with Crippen LogP contribution in [0.15, 0.2) is 45.7 Å². The van der Waals surface area contributed by atoms with Crippen LogP contribution >= 0.6 is 11.3 Å². The van der Waals surface area contributed by atoms with Crippen molar-refractivity contribution in [3.05, 3.63) is 58.1 Å². The first-order valence-electron chi connectivity index (χ1n) is 10.9. The van der Waals surface area contributed by atoms with Gasteiger partial charge in [-0.15, -0.1) is 0 Å². The fourth-order valence-corrected chi connectivity index (χ4v) is 5.18. The molecule has 4 aromatic rings. The van der Waals surface area contributed by atoms with E-state index in [-0.39, 0.29) is 12.3 Å². The van der Waals surface area contributed by atoms with Gasteiger partial charge in [-0.3, -0.25) is 4.79 Å². The van der Waals surface area contributed by atoms with Crippen molar-refractivity contribution in [1.82, 2.24) is 14.9 Å². The number of thiazole rings is 1. The molecule has 33 heavy (non-hydrogen) atoms. The minimum Gasteiger partial charge on any atom is -0.497 e. The molecule has 1 aromatic carbocycles. The zero-order valence-corrected chi connectivity index (χ0v) is 19.4.